The number of fused-ring (bicyclic) bond motifs is 1. The molecule has 1 aliphatic carbocycles. The monoisotopic (exact) mass is 487 g/mol. The lowest BCUT2D eigenvalue weighted by Crippen LogP contribution is -2.38. The van der Waals surface area contributed by atoms with Crippen molar-refractivity contribution in [2.45, 2.75) is 45.7 Å². The van der Waals surface area contributed by atoms with Gasteiger partial charge in [0.1, 0.15) is 23.2 Å². The molecule has 1 atom stereocenters. The molecular weight excluding hydrogens is 457 g/mol. The zero-order valence-corrected chi connectivity index (χ0v) is 20.6. The third-order valence-electron chi connectivity index (χ3n) is 6.24. The van der Waals surface area contributed by atoms with Crippen LogP contribution < -0.4 is 21.6 Å². The van der Waals surface area contributed by atoms with Crippen molar-refractivity contribution in [2.24, 2.45) is 5.41 Å². The summed E-state index contributed by atoms with van der Waals surface area (Å²) >= 11 is 0. The molecule has 8 nitrogen and oxygen atoms in total. The van der Waals surface area contributed by atoms with Crippen molar-refractivity contribution in [3.05, 3.63) is 71.4 Å². The van der Waals surface area contributed by atoms with Crippen molar-refractivity contribution in [2.75, 3.05) is 17.2 Å². The van der Waals surface area contributed by atoms with E-state index in [1.807, 2.05) is 17.3 Å². The predicted molar refractivity (Wildman–Crippen MR) is 138 cm³/mol. The molecule has 5 rings (SSSR count). The normalized spacial score (nSPS) is 16.3. The Morgan fingerprint density at radius 2 is 2.00 bits per heavy atom. The fourth-order valence-electron chi connectivity index (χ4n) is 4.20. The standard InChI is InChI=1S/C27H30FN7O/c1-27(2,3)15-31-24-17(12-29)13-30-26-21(24)10-19(11-23(26)36)32-25(16-4-6-18(28)7-5-16)22-14-35(34-33-22)20-8-9-20/h4-7,10-11,13-14,20,25,32-34,36H,8-9,15H2,1-3H3,(H,30,31). The summed E-state index contributed by atoms with van der Waals surface area (Å²) in [5, 5.41) is 30.1. The third-order valence-corrected chi connectivity index (χ3v) is 6.24. The van der Waals surface area contributed by atoms with Gasteiger partial charge in [-0.1, -0.05) is 32.9 Å². The van der Waals surface area contributed by atoms with Crippen molar-refractivity contribution in [1.29, 1.82) is 5.26 Å². The SMILES string of the molecule is CC(C)(C)CNc1c(C#N)cnc2c(O)cc(NC(C3=CN(C4CC4)NN3)c3ccc(F)cc3)cc12. The van der Waals surface area contributed by atoms with E-state index >= 15 is 0 Å². The molecule has 1 fully saturated rings. The van der Waals surface area contributed by atoms with Crippen LogP contribution in [0.25, 0.3) is 10.9 Å². The second kappa shape index (κ2) is 9.21. The number of phenolic OH excluding ortho intramolecular Hbond substituents is 1. The Balaban J connectivity index is 1.55. The molecule has 3 aromatic rings. The highest BCUT2D eigenvalue weighted by Crippen LogP contribution is 2.37. The van der Waals surface area contributed by atoms with E-state index in [0.717, 1.165) is 24.1 Å². The van der Waals surface area contributed by atoms with Crippen molar-refractivity contribution in [3.8, 4) is 11.8 Å². The molecule has 1 aromatic heterocycles. The molecule has 2 aromatic carbocycles. The Morgan fingerprint density at radius 1 is 1.25 bits per heavy atom. The van der Waals surface area contributed by atoms with Gasteiger partial charge in [-0.25, -0.2) is 4.39 Å². The van der Waals surface area contributed by atoms with E-state index in [4.69, 9.17) is 0 Å². The molecule has 1 aliphatic heterocycles. The summed E-state index contributed by atoms with van der Waals surface area (Å²) in [5.74, 6) is -0.307. The number of anilines is 2. The molecule has 0 bridgehead atoms. The summed E-state index contributed by atoms with van der Waals surface area (Å²) < 4.78 is 13.7. The number of hydrazine groups is 2. The molecule has 1 saturated carbocycles. The Bertz CT molecular complexity index is 1350. The molecule has 36 heavy (non-hydrogen) atoms. The van der Waals surface area contributed by atoms with Gasteiger partial charge in [0.2, 0.25) is 0 Å². The summed E-state index contributed by atoms with van der Waals surface area (Å²) in [6.45, 7) is 6.95. The number of nitriles is 1. The minimum Gasteiger partial charge on any atom is -0.506 e. The third kappa shape index (κ3) is 4.99. The molecule has 5 N–H and O–H groups in total. The average molecular weight is 488 g/mol. The van der Waals surface area contributed by atoms with E-state index in [-0.39, 0.29) is 23.0 Å². The van der Waals surface area contributed by atoms with Gasteiger partial charge in [0.25, 0.3) is 0 Å². The topological polar surface area (TPSA) is 108 Å². The highest BCUT2D eigenvalue weighted by atomic mass is 19.1. The summed E-state index contributed by atoms with van der Waals surface area (Å²) in [6, 6.07) is 12.2. The van der Waals surface area contributed by atoms with Gasteiger partial charge in [-0.3, -0.25) is 9.99 Å². The van der Waals surface area contributed by atoms with Crippen molar-refractivity contribution >= 4 is 22.3 Å². The number of nitrogens with zero attached hydrogens (tertiary/aromatic N) is 3. The number of pyridine rings is 1. The lowest BCUT2D eigenvalue weighted by molar-refractivity contribution is 0.260. The van der Waals surface area contributed by atoms with Gasteiger partial charge in [-0.15, -0.1) is 5.53 Å². The Kier molecular flexibility index (Phi) is 6.06. The van der Waals surface area contributed by atoms with E-state index in [0.29, 0.717) is 40.4 Å². The molecule has 0 saturated heterocycles. The summed E-state index contributed by atoms with van der Waals surface area (Å²) in [7, 11) is 0. The number of rotatable bonds is 7. The molecule has 186 valence electrons. The van der Waals surface area contributed by atoms with Crippen LogP contribution in [0.15, 0.2) is 54.5 Å². The van der Waals surface area contributed by atoms with Gasteiger partial charge in [-0.05, 0) is 42.0 Å². The summed E-state index contributed by atoms with van der Waals surface area (Å²) in [5.41, 5.74) is 10.2. The lowest BCUT2D eigenvalue weighted by Gasteiger charge is -2.23. The van der Waals surface area contributed by atoms with E-state index in [1.54, 1.807) is 18.2 Å². The second-order valence-corrected chi connectivity index (χ2v) is 10.6. The molecule has 2 heterocycles. The summed E-state index contributed by atoms with van der Waals surface area (Å²) in [6.07, 6.45) is 5.76. The van der Waals surface area contributed by atoms with Crippen LogP contribution in [0, 0.1) is 22.6 Å². The maximum Gasteiger partial charge on any atom is 0.143 e. The highest BCUT2D eigenvalue weighted by Gasteiger charge is 2.32. The minimum absolute atomic E-state index is 0.00208. The first kappa shape index (κ1) is 23.7. The smallest absolute Gasteiger partial charge is 0.143 e. The number of nitrogens with one attached hydrogen (secondary N) is 4. The van der Waals surface area contributed by atoms with Gasteiger partial charge in [0.05, 0.1) is 23.0 Å². The zero-order valence-electron chi connectivity index (χ0n) is 20.6. The molecule has 9 heteroatoms. The van der Waals surface area contributed by atoms with Crippen molar-refractivity contribution in [1.82, 2.24) is 21.0 Å². The van der Waals surface area contributed by atoms with Crippen LogP contribution in [0.1, 0.15) is 50.8 Å². The molecule has 0 spiro atoms. The van der Waals surface area contributed by atoms with E-state index in [1.165, 1.54) is 18.3 Å². The number of phenols is 1. The van der Waals surface area contributed by atoms with E-state index in [9.17, 15) is 14.8 Å². The van der Waals surface area contributed by atoms with E-state index < -0.39 is 0 Å². The number of hydrogen-bond donors (Lipinski definition) is 5. The number of aromatic hydroxyl groups is 1. The van der Waals surface area contributed by atoms with Gasteiger partial charge in [-0.2, -0.15) is 5.26 Å². The largest absolute Gasteiger partial charge is 0.506 e. The Morgan fingerprint density at radius 3 is 2.67 bits per heavy atom. The zero-order chi connectivity index (χ0) is 25.4. The highest BCUT2D eigenvalue weighted by molar-refractivity contribution is 5.99. The molecular formula is C27H30FN7O. The van der Waals surface area contributed by atoms with Crippen LogP contribution in [0.2, 0.25) is 0 Å². The average Bonchev–Trinajstić information content (AvgIpc) is 3.58. The first-order valence-corrected chi connectivity index (χ1v) is 12.1. The lowest BCUT2D eigenvalue weighted by atomic mass is 9.96. The first-order valence-electron chi connectivity index (χ1n) is 12.1. The van der Waals surface area contributed by atoms with Gasteiger partial charge in [0.15, 0.2) is 0 Å². The maximum absolute atomic E-state index is 13.7. The predicted octanol–water partition coefficient (Wildman–Crippen LogP) is 4.89. The quantitative estimate of drug-likeness (QED) is 0.321. The van der Waals surface area contributed by atoms with Gasteiger partial charge >= 0.3 is 0 Å². The number of benzene rings is 2. The van der Waals surface area contributed by atoms with Crippen LogP contribution in [0.3, 0.4) is 0 Å². The molecule has 0 amide bonds. The molecule has 0 radical (unpaired) electrons. The summed E-state index contributed by atoms with van der Waals surface area (Å²) in [4.78, 5) is 4.34. The Labute approximate surface area is 209 Å². The fourth-order valence-corrected chi connectivity index (χ4v) is 4.20. The number of halogens is 1. The minimum atomic E-state index is -0.350. The van der Waals surface area contributed by atoms with Crippen molar-refractivity contribution < 1.29 is 9.50 Å². The van der Waals surface area contributed by atoms with Gasteiger partial charge in [0, 0.05) is 42.1 Å². The van der Waals surface area contributed by atoms with Crippen molar-refractivity contribution in [3.63, 3.8) is 0 Å². The van der Waals surface area contributed by atoms with Gasteiger partial charge < -0.3 is 21.2 Å². The number of aromatic nitrogens is 1. The van der Waals surface area contributed by atoms with Crippen LogP contribution in [0.5, 0.6) is 5.75 Å². The van der Waals surface area contributed by atoms with Crippen LogP contribution >= 0.6 is 0 Å². The molecule has 1 unspecified atom stereocenters. The number of hydrogen-bond acceptors (Lipinski definition) is 8. The second-order valence-electron chi connectivity index (χ2n) is 10.6. The fraction of sp³-hybridized carbons (Fsp3) is 0.333. The first-order chi connectivity index (χ1) is 17.2. The van der Waals surface area contributed by atoms with Crippen LogP contribution in [-0.4, -0.2) is 27.7 Å². The molecule has 2 aliphatic rings. The van der Waals surface area contributed by atoms with Crippen LogP contribution in [0.4, 0.5) is 15.8 Å². The Hall–Kier alpha value is -4.03. The van der Waals surface area contributed by atoms with E-state index in [2.05, 4.69) is 53.4 Å². The van der Waals surface area contributed by atoms with Crippen LogP contribution in [-0.2, 0) is 0 Å². The maximum atomic E-state index is 13.7.